The standard InChI is InChI=1S/C12H18ClNO2S2/c1-9-8-12(10(2)7-11(9)13)18(15,16)14-5-4-6-17-3/h7-8,14H,4-6H2,1-3H3. The molecule has 1 N–H and O–H groups in total. The number of rotatable bonds is 6. The van der Waals surface area contributed by atoms with Crippen LogP contribution in [0.2, 0.25) is 5.02 Å². The van der Waals surface area contributed by atoms with Crippen molar-refractivity contribution < 1.29 is 8.42 Å². The molecule has 0 aliphatic rings. The van der Waals surface area contributed by atoms with Gasteiger partial charge in [-0.2, -0.15) is 11.8 Å². The van der Waals surface area contributed by atoms with Crippen LogP contribution in [0, 0.1) is 13.8 Å². The van der Waals surface area contributed by atoms with Crippen molar-refractivity contribution in [2.24, 2.45) is 0 Å². The largest absolute Gasteiger partial charge is 0.240 e. The third-order valence-electron chi connectivity index (χ3n) is 2.56. The normalized spacial score (nSPS) is 11.8. The lowest BCUT2D eigenvalue weighted by molar-refractivity contribution is 0.580. The summed E-state index contributed by atoms with van der Waals surface area (Å²) in [6, 6.07) is 3.31. The Morgan fingerprint density at radius 3 is 2.56 bits per heavy atom. The number of aryl methyl sites for hydroxylation is 2. The minimum Gasteiger partial charge on any atom is -0.211 e. The molecule has 0 heterocycles. The number of hydrogen-bond donors (Lipinski definition) is 1. The molecule has 0 aromatic heterocycles. The van der Waals surface area contributed by atoms with E-state index in [0.717, 1.165) is 17.7 Å². The first-order valence-electron chi connectivity index (χ1n) is 5.64. The van der Waals surface area contributed by atoms with Crippen LogP contribution >= 0.6 is 23.4 Å². The first kappa shape index (κ1) is 15.8. The van der Waals surface area contributed by atoms with Gasteiger partial charge in [-0.25, -0.2) is 13.1 Å². The van der Waals surface area contributed by atoms with Crippen LogP contribution in [0.1, 0.15) is 17.5 Å². The second kappa shape index (κ2) is 6.80. The van der Waals surface area contributed by atoms with E-state index >= 15 is 0 Å². The van der Waals surface area contributed by atoms with E-state index in [1.54, 1.807) is 37.7 Å². The highest BCUT2D eigenvalue weighted by Gasteiger charge is 2.17. The summed E-state index contributed by atoms with van der Waals surface area (Å²) in [4.78, 5) is 0.313. The van der Waals surface area contributed by atoms with Crippen molar-refractivity contribution in [2.75, 3.05) is 18.6 Å². The quantitative estimate of drug-likeness (QED) is 0.822. The summed E-state index contributed by atoms with van der Waals surface area (Å²) < 4.78 is 26.9. The molecule has 0 spiro atoms. The molecule has 1 rings (SSSR count). The van der Waals surface area contributed by atoms with Crippen molar-refractivity contribution in [3.63, 3.8) is 0 Å². The molecule has 0 aliphatic heterocycles. The van der Waals surface area contributed by atoms with Crippen molar-refractivity contribution in [2.45, 2.75) is 25.2 Å². The van der Waals surface area contributed by atoms with Crippen molar-refractivity contribution in [1.82, 2.24) is 4.72 Å². The summed E-state index contributed by atoms with van der Waals surface area (Å²) in [7, 11) is -3.43. The first-order chi connectivity index (χ1) is 8.38. The molecule has 0 radical (unpaired) electrons. The molecule has 0 saturated heterocycles. The summed E-state index contributed by atoms with van der Waals surface area (Å²) in [6.45, 7) is 4.01. The van der Waals surface area contributed by atoms with Gasteiger partial charge < -0.3 is 0 Å². The third kappa shape index (κ3) is 4.16. The van der Waals surface area contributed by atoms with Gasteiger partial charge in [0.15, 0.2) is 0 Å². The Morgan fingerprint density at radius 2 is 1.94 bits per heavy atom. The van der Waals surface area contributed by atoms with E-state index in [2.05, 4.69) is 4.72 Å². The van der Waals surface area contributed by atoms with Gasteiger partial charge in [0, 0.05) is 11.6 Å². The third-order valence-corrected chi connectivity index (χ3v) is 5.27. The molecular weight excluding hydrogens is 290 g/mol. The molecule has 0 fully saturated rings. The minimum absolute atomic E-state index is 0.313. The van der Waals surface area contributed by atoms with Crippen LogP contribution in [0.5, 0.6) is 0 Å². The maximum absolute atomic E-state index is 12.1. The van der Waals surface area contributed by atoms with E-state index in [0.29, 0.717) is 22.0 Å². The van der Waals surface area contributed by atoms with Gasteiger partial charge in [-0.15, -0.1) is 0 Å². The summed E-state index contributed by atoms with van der Waals surface area (Å²) in [6.07, 6.45) is 2.83. The number of hydrogen-bond acceptors (Lipinski definition) is 3. The van der Waals surface area contributed by atoms with Crippen molar-refractivity contribution in [3.8, 4) is 0 Å². The fraction of sp³-hybridized carbons (Fsp3) is 0.500. The molecule has 0 atom stereocenters. The SMILES string of the molecule is CSCCCNS(=O)(=O)c1cc(C)c(Cl)cc1C. The Balaban J connectivity index is 2.88. The predicted molar refractivity (Wildman–Crippen MR) is 79.1 cm³/mol. The lowest BCUT2D eigenvalue weighted by atomic mass is 10.2. The summed E-state index contributed by atoms with van der Waals surface area (Å²) in [5.74, 6) is 0.946. The van der Waals surface area contributed by atoms with E-state index in [4.69, 9.17) is 11.6 Å². The van der Waals surface area contributed by atoms with Crippen molar-refractivity contribution in [1.29, 1.82) is 0 Å². The van der Waals surface area contributed by atoms with Gasteiger partial charge in [0.25, 0.3) is 0 Å². The van der Waals surface area contributed by atoms with Gasteiger partial charge >= 0.3 is 0 Å². The number of benzene rings is 1. The highest BCUT2D eigenvalue weighted by atomic mass is 35.5. The van der Waals surface area contributed by atoms with E-state index in [-0.39, 0.29) is 0 Å². The van der Waals surface area contributed by atoms with Crippen LogP contribution in [0.15, 0.2) is 17.0 Å². The van der Waals surface area contributed by atoms with Crippen LogP contribution in [-0.4, -0.2) is 27.0 Å². The molecule has 0 saturated carbocycles. The Bertz CT molecular complexity index is 515. The van der Waals surface area contributed by atoms with Crippen LogP contribution in [-0.2, 0) is 10.0 Å². The number of sulfonamides is 1. The molecule has 1 aromatic carbocycles. The monoisotopic (exact) mass is 307 g/mol. The summed E-state index contributed by atoms with van der Waals surface area (Å²) >= 11 is 7.67. The average molecular weight is 308 g/mol. The molecular formula is C12H18ClNO2S2. The second-order valence-electron chi connectivity index (χ2n) is 4.11. The number of nitrogens with one attached hydrogen (secondary N) is 1. The maximum Gasteiger partial charge on any atom is 0.240 e. The molecule has 3 nitrogen and oxygen atoms in total. The topological polar surface area (TPSA) is 46.2 Å². The lowest BCUT2D eigenvalue weighted by Gasteiger charge is -2.11. The number of halogens is 1. The Labute approximate surface area is 118 Å². The fourth-order valence-corrected chi connectivity index (χ4v) is 3.58. The van der Waals surface area contributed by atoms with E-state index in [1.165, 1.54) is 0 Å². The smallest absolute Gasteiger partial charge is 0.211 e. The highest BCUT2D eigenvalue weighted by molar-refractivity contribution is 7.98. The lowest BCUT2D eigenvalue weighted by Crippen LogP contribution is -2.26. The van der Waals surface area contributed by atoms with E-state index in [9.17, 15) is 8.42 Å². The Kier molecular flexibility index (Phi) is 5.98. The van der Waals surface area contributed by atoms with E-state index in [1.807, 2.05) is 6.26 Å². The molecule has 102 valence electrons. The van der Waals surface area contributed by atoms with Gasteiger partial charge in [-0.3, -0.25) is 0 Å². The molecule has 18 heavy (non-hydrogen) atoms. The highest BCUT2D eigenvalue weighted by Crippen LogP contribution is 2.23. The van der Waals surface area contributed by atoms with Crippen LogP contribution in [0.3, 0.4) is 0 Å². The maximum atomic E-state index is 12.1. The van der Waals surface area contributed by atoms with Gasteiger partial charge in [0.1, 0.15) is 0 Å². The van der Waals surface area contributed by atoms with Crippen LogP contribution in [0.25, 0.3) is 0 Å². The van der Waals surface area contributed by atoms with Crippen LogP contribution in [0.4, 0.5) is 0 Å². The molecule has 0 unspecified atom stereocenters. The minimum atomic E-state index is -3.43. The van der Waals surface area contributed by atoms with E-state index < -0.39 is 10.0 Å². The summed E-state index contributed by atoms with van der Waals surface area (Å²) in [5, 5.41) is 0.592. The summed E-state index contributed by atoms with van der Waals surface area (Å²) in [5.41, 5.74) is 1.44. The Hall–Kier alpha value is -0.230. The average Bonchev–Trinajstić information content (AvgIpc) is 2.29. The number of thioether (sulfide) groups is 1. The van der Waals surface area contributed by atoms with Crippen LogP contribution < -0.4 is 4.72 Å². The van der Waals surface area contributed by atoms with Crippen molar-refractivity contribution >= 4 is 33.4 Å². The molecule has 1 aromatic rings. The van der Waals surface area contributed by atoms with Gasteiger partial charge in [-0.1, -0.05) is 11.6 Å². The fourth-order valence-electron chi connectivity index (χ4n) is 1.54. The molecule has 0 amide bonds. The zero-order chi connectivity index (χ0) is 13.8. The van der Waals surface area contributed by atoms with Crippen molar-refractivity contribution in [3.05, 3.63) is 28.3 Å². The first-order valence-corrected chi connectivity index (χ1v) is 8.89. The van der Waals surface area contributed by atoms with Gasteiger partial charge in [0.05, 0.1) is 4.90 Å². The van der Waals surface area contributed by atoms with Gasteiger partial charge in [-0.05, 0) is 55.5 Å². The molecule has 0 bridgehead atoms. The zero-order valence-electron chi connectivity index (χ0n) is 10.8. The predicted octanol–water partition coefficient (Wildman–Crippen LogP) is 2.99. The molecule has 0 aliphatic carbocycles. The van der Waals surface area contributed by atoms with Gasteiger partial charge in [0.2, 0.25) is 10.0 Å². The zero-order valence-corrected chi connectivity index (χ0v) is 13.2. The molecule has 6 heteroatoms. The second-order valence-corrected chi connectivity index (χ2v) is 7.24. The Morgan fingerprint density at radius 1 is 1.28 bits per heavy atom.